The Kier molecular flexibility index (Phi) is 20.7. The lowest BCUT2D eigenvalue weighted by Gasteiger charge is -2.19. The molecule has 0 rings (SSSR count). The van der Waals surface area contributed by atoms with E-state index in [1.54, 1.807) is 19.9 Å². The summed E-state index contributed by atoms with van der Waals surface area (Å²) < 4.78 is 10.1. The van der Waals surface area contributed by atoms with Gasteiger partial charge in [-0.2, -0.15) is 0 Å². The van der Waals surface area contributed by atoms with Gasteiger partial charge in [0.05, 0.1) is 31.1 Å². The maximum Gasteiger partial charge on any atom is 0.306 e. The van der Waals surface area contributed by atoms with E-state index in [4.69, 9.17) is 9.47 Å². The highest BCUT2D eigenvalue weighted by molar-refractivity contribution is 5.77. The number of amides is 1. The Morgan fingerprint density at radius 3 is 1.97 bits per heavy atom. The van der Waals surface area contributed by atoms with Gasteiger partial charge in [0.1, 0.15) is 6.61 Å². The third-order valence-corrected chi connectivity index (χ3v) is 5.33. The molecule has 2 N–H and O–H groups in total. The van der Waals surface area contributed by atoms with Gasteiger partial charge in [-0.1, -0.05) is 83.3 Å². The summed E-state index contributed by atoms with van der Waals surface area (Å²) in [5.74, 6) is -1.04. The van der Waals surface area contributed by atoms with Gasteiger partial charge < -0.3 is 19.9 Å². The minimum absolute atomic E-state index is 0.0653. The van der Waals surface area contributed by atoms with E-state index in [9.17, 15) is 19.5 Å². The second-order valence-corrected chi connectivity index (χ2v) is 8.86. The molecule has 192 valence electrons. The van der Waals surface area contributed by atoms with Crippen molar-refractivity contribution in [1.82, 2.24) is 5.32 Å². The average Bonchev–Trinajstić information content (AvgIpc) is 2.77. The van der Waals surface area contributed by atoms with E-state index in [0.29, 0.717) is 6.41 Å². The number of unbranched alkanes of at least 4 members (excludes halogenated alkanes) is 11. The lowest BCUT2D eigenvalue weighted by atomic mass is 10.0. The van der Waals surface area contributed by atoms with Gasteiger partial charge in [0.2, 0.25) is 6.41 Å². The van der Waals surface area contributed by atoms with E-state index in [0.717, 1.165) is 12.8 Å². The smallest absolute Gasteiger partial charge is 0.306 e. The third-order valence-electron chi connectivity index (χ3n) is 5.33. The van der Waals surface area contributed by atoms with Gasteiger partial charge in [-0.25, -0.2) is 0 Å². The first kappa shape index (κ1) is 31.1. The quantitative estimate of drug-likeness (QED) is 0.100. The first-order valence-corrected chi connectivity index (χ1v) is 12.8. The fourth-order valence-corrected chi connectivity index (χ4v) is 3.41. The highest BCUT2D eigenvalue weighted by atomic mass is 16.5. The molecule has 2 atom stereocenters. The van der Waals surface area contributed by atoms with Crippen LogP contribution in [0.25, 0.3) is 0 Å². The molecule has 7 nitrogen and oxygen atoms in total. The van der Waals surface area contributed by atoms with Crippen molar-refractivity contribution in [2.45, 2.75) is 129 Å². The zero-order chi connectivity index (χ0) is 24.7. The number of carbonyl (C=O) groups is 3. The Morgan fingerprint density at radius 2 is 1.42 bits per heavy atom. The number of carbonyl (C=O) groups excluding carboxylic acids is 3. The standard InChI is InChI=1S/C26H47NO6/c1-4-5-6-7-8-9-10-11-12-13-14-15-16-17-24(29)23(27-21-28)20-32-25(30)18-19-26(31)33-22(2)3/h16-17,21-24,29H,4-15,18-20H2,1-3H3,(H,27,28)/b17-16+/t23?,24-/m1/s1. The summed E-state index contributed by atoms with van der Waals surface area (Å²) in [5.41, 5.74) is 0. The number of ether oxygens (including phenoxy) is 2. The molecule has 0 aromatic rings. The molecule has 0 aromatic carbocycles. The van der Waals surface area contributed by atoms with E-state index in [2.05, 4.69) is 12.2 Å². The van der Waals surface area contributed by atoms with Crippen LogP contribution in [0.15, 0.2) is 12.2 Å². The van der Waals surface area contributed by atoms with Crippen molar-refractivity contribution in [2.24, 2.45) is 0 Å². The van der Waals surface area contributed by atoms with Crippen LogP contribution in [-0.2, 0) is 23.9 Å². The molecule has 1 amide bonds. The van der Waals surface area contributed by atoms with Gasteiger partial charge in [0.25, 0.3) is 0 Å². The number of allylic oxidation sites excluding steroid dienone is 1. The molecule has 0 aliphatic heterocycles. The Hall–Kier alpha value is -1.89. The molecule has 0 heterocycles. The number of rotatable bonds is 22. The highest BCUT2D eigenvalue weighted by Crippen LogP contribution is 2.12. The number of hydrogen-bond acceptors (Lipinski definition) is 6. The molecule has 0 radical (unpaired) electrons. The van der Waals surface area contributed by atoms with Crippen molar-refractivity contribution in [3.63, 3.8) is 0 Å². The lowest BCUT2D eigenvalue weighted by molar-refractivity contribution is -0.153. The normalized spacial score (nSPS) is 13.1. The average molecular weight is 470 g/mol. The summed E-state index contributed by atoms with van der Waals surface area (Å²) in [6.45, 7) is 5.54. The number of aliphatic hydroxyl groups is 1. The van der Waals surface area contributed by atoms with Gasteiger partial charge in [-0.3, -0.25) is 14.4 Å². The van der Waals surface area contributed by atoms with E-state index in [-0.39, 0.29) is 25.6 Å². The molecule has 0 aromatic heterocycles. The van der Waals surface area contributed by atoms with Gasteiger partial charge in [0.15, 0.2) is 0 Å². The molecule has 33 heavy (non-hydrogen) atoms. The van der Waals surface area contributed by atoms with Crippen LogP contribution in [0.5, 0.6) is 0 Å². The topological polar surface area (TPSA) is 102 Å². The van der Waals surface area contributed by atoms with Crippen molar-refractivity contribution in [2.75, 3.05) is 6.61 Å². The minimum atomic E-state index is -0.957. The van der Waals surface area contributed by atoms with Crippen LogP contribution in [0.2, 0.25) is 0 Å². The fourth-order valence-electron chi connectivity index (χ4n) is 3.41. The molecule has 0 saturated carbocycles. The Bertz CT molecular complexity index is 535. The van der Waals surface area contributed by atoms with Crippen molar-refractivity contribution in [3.05, 3.63) is 12.2 Å². The van der Waals surface area contributed by atoms with Gasteiger partial charge >= 0.3 is 11.9 Å². The summed E-state index contributed by atoms with van der Waals surface area (Å²) in [7, 11) is 0. The molecule has 0 spiro atoms. The first-order valence-electron chi connectivity index (χ1n) is 12.8. The molecule has 1 unspecified atom stereocenters. The third kappa shape index (κ3) is 20.4. The van der Waals surface area contributed by atoms with Crippen LogP contribution in [0.3, 0.4) is 0 Å². The Labute approximate surface area is 200 Å². The van der Waals surface area contributed by atoms with Crippen molar-refractivity contribution >= 4 is 18.3 Å². The summed E-state index contributed by atoms with van der Waals surface area (Å²) in [6.07, 6.45) is 17.7. The predicted octanol–water partition coefficient (Wildman–Crippen LogP) is 4.99. The molecule has 0 bridgehead atoms. The Balaban J connectivity index is 3.93. The van der Waals surface area contributed by atoms with E-state index in [1.165, 1.54) is 64.2 Å². The number of aliphatic hydroxyl groups excluding tert-OH is 1. The van der Waals surface area contributed by atoms with Crippen LogP contribution in [-0.4, -0.2) is 48.3 Å². The number of hydrogen-bond donors (Lipinski definition) is 2. The molecule has 0 aliphatic rings. The van der Waals surface area contributed by atoms with Crippen molar-refractivity contribution < 1.29 is 29.0 Å². The lowest BCUT2D eigenvalue weighted by Crippen LogP contribution is -2.42. The van der Waals surface area contributed by atoms with Crippen LogP contribution in [0.4, 0.5) is 0 Å². The summed E-state index contributed by atoms with van der Waals surface area (Å²) >= 11 is 0. The predicted molar refractivity (Wildman–Crippen MR) is 131 cm³/mol. The molecule has 0 fully saturated rings. The second kappa shape index (κ2) is 21.9. The molecule has 0 saturated heterocycles. The monoisotopic (exact) mass is 469 g/mol. The summed E-state index contributed by atoms with van der Waals surface area (Å²) in [4.78, 5) is 34.1. The van der Waals surface area contributed by atoms with E-state index in [1.807, 2.05) is 6.08 Å². The molecule has 7 heteroatoms. The second-order valence-electron chi connectivity index (χ2n) is 8.86. The van der Waals surface area contributed by atoms with Gasteiger partial charge in [-0.05, 0) is 26.7 Å². The zero-order valence-corrected chi connectivity index (χ0v) is 21.1. The van der Waals surface area contributed by atoms with Gasteiger partial charge in [-0.15, -0.1) is 0 Å². The maximum atomic E-state index is 11.8. The molecular weight excluding hydrogens is 422 g/mol. The van der Waals surface area contributed by atoms with E-state index >= 15 is 0 Å². The maximum absolute atomic E-state index is 11.8. The fraction of sp³-hybridized carbons (Fsp3) is 0.808. The van der Waals surface area contributed by atoms with Crippen molar-refractivity contribution in [3.8, 4) is 0 Å². The summed E-state index contributed by atoms with van der Waals surface area (Å²) in [6, 6.07) is -0.734. The van der Waals surface area contributed by atoms with Crippen LogP contribution in [0, 0.1) is 0 Å². The van der Waals surface area contributed by atoms with Crippen LogP contribution in [0.1, 0.15) is 111 Å². The zero-order valence-electron chi connectivity index (χ0n) is 21.1. The van der Waals surface area contributed by atoms with Crippen LogP contribution < -0.4 is 5.32 Å². The SMILES string of the molecule is CCCCCCCCCCCCC/C=C/[C@@H](O)C(COC(=O)CCC(=O)OC(C)C)NC=O. The first-order chi connectivity index (χ1) is 15.9. The Morgan fingerprint density at radius 1 is 0.879 bits per heavy atom. The minimum Gasteiger partial charge on any atom is -0.463 e. The highest BCUT2D eigenvalue weighted by Gasteiger charge is 2.19. The van der Waals surface area contributed by atoms with Crippen LogP contribution >= 0.6 is 0 Å². The largest absolute Gasteiger partial charge is 0.463 e. The number of nitrogens with one attached hydrogen (secondary N) is 1. The van der Waals surface area contributed by atoms with Crippen molar-refractivity contribution in [1.29, 1.82) is 0 Å². The summed E-state index contributed by atoms with van der Waals surface area (Å²) in [5, 5.41) is 12.7. The molecular formula is C26H47NO6. The molecule has 0 aliphatic carbocycles. The van der Waals surface area contributed by atoms with Gasteiger partial charge in [0, 0.05) is 0 Å². The van der Waals surface area contributed by atoms with E-state index < -0.39 is 24.1 Å². The number of esters is 2.